The molecule has 0 aromatic carbocycles. The maximum atomic E-state index is 10.5. The summed E-state index contributed by atoms with van der Waals surface area (Å²) in [4.78, 5) is 23.1. The summed E-state index contributed by atoms with van der Waals surface area (Å²) in [6.45, 7) is 1.75. The fraction of sp³-hybridized carbons (Fsp3) is 0.111. The molecule has 0 aliphatic rings. The monoisotopic (exact) mass is 254 g/mol. The molecule has 0 fully saturated rings. The van der Waals surface area contributed by atoms with Gasteiger partial charge in [-0.25, -0.2) is 15.0 Å². The van der Waals surface area contributed by atoms with Gasteiger partial charge in [0.05, 0.1) is 11.1 Å². The van der Waals surface area contributed by atoms with Crippen LogP contribution in [0.5, 0.6) is 0 Å². The summed E-state index contributed by atoms with van der Waals surface area (Å²) in [5, 5.41) is 3.91. The Morgan fingerprint density at radius 1 is 1.50 bits per heavy atom. The quantitative estimate of drug-likeness (QED) is 0.673. The average Bonchev–Trinajstić information content (AvgIpc) is 2.64. The number of aryl methyl sites for hydroxylation is 1. The van der Waals surface area contributed by atoms with Gasteiger partial charge in [-0.2, -0.15) is 0 Å². The third-order valence-electron chi connectivity index (χ3n) is 1.68. The van der Waals surface area contributed by atoms with Crippen molar-refractivity contribution in [2.45, 2.75) is 6.92 Å². The smallest absolute Gasteiger partial charge is 0.188 e. The normalized spacial score (nSPS) is 10.1. The average molecular weight is 255 g/mol. The molecule has 2 rings (SSSR count). The van der Waals surface area contributed by atoms with E-state index in [0.29, 0.717) is 26.8 Å². The van der Waals surface area contributed by atoms with Crippen molar-refractivity contribution in [2.75, 3.05) is 5.32 Å². The molecule has 0 spiro atoms. The Hall–Kier alpha value is -1.53. The number of halogens is 1. The molecule has 5 nitrogen and oxygen atoms in total. The molecule has 0 amide bonds. The molecule has 0 saturated heterocycles. The zero-order valence-electron chi connectivity index (χ0n) is 8.27. The van der Waals surface area contributed by atoms with E-state index in [1.54, 1.807) is 13.0 Å². The predicted molar refractivity (Wildman–Crippen MR) is 62.6 cm³/mol. The third-order valence-corrected chi connectivity index (χ3v) is 2.71. The lowest BCUT2D eigenvalue weighted by atomic mass is 10.5. The molecule has 0 atom stereocenters. The van der Waals surface area contributed by atoms with Gasteiger partial charge >= 0.3 is 0 Å². The van der Waals surface area contributed by atoms with Crippen LogP contribution in [0.4, 0.5) is 10.9 Å². The highest BCUT2D eigenvalue weighted by Gasteiger charge is 2.04. The summed E-state index contributed by atoms with van der Waals surface area (Å²) in [6.07, 6.45) is 2.25. The van der Waals surface area contributed by atoms with Crippen molar-refractivity contribution in [3.8, 4) is 0 Å². The molecule has 0 saturated carbocycles. The molecule has 82 valence electrons. The summed E-state index contributed by atoms with van der Waals surface area (Å²) in [7, 11) is 0. The van der Waals surface area contributed by atoms with Crippen molar-refractivity contribution in [3.63, 3.8) is 0 Å². The largest absolute Gasteiger partial charge is 0.316 e. The lowest BCUT2D eigenvalue weighted by molar-refractivity contribution is 0.112. The Bertz CT molecular complexity index is 508. The van der Waals surface area contributed by atoms with Gasteiger partial charge < -0.3 is 5.32 Å². The SMILES string of the molecule is Cc1nc(Cl)cc(Nc2ncc(C=O)s2)n1. The Labute approximate surface area is 101 Å². The van der Waals surface area contributed by atoms with Crippen LogP contribution in [0, 0.1) is 6.92 Å². The zero-order valence-corrected chi connectivity index (χ0v) is 9.84. The molecule has 2 aromatic heterocycles. The summed E-state index contributed by atoms with van der Waals surface area (Å²) in [5.74, 6) is 1.13. The standard InChI is InChI=1S/C9H7ClN4OS/c1-5-12-7(10)2-8(13-5)14-9-11-3-6(4-15)16-9/h2-4H,1H3,(H,11,12,13,14). The van der Waals surface area contributed by atoms with Gasteiger partial charge in [0.2, 0.25) is 0 Å². The highest BCUT2D eigenvalue weighted by molar-refractivity contribution is 7.17. The number of carbonyl (C=O) groups is 1. The first-order valence-electron chi connectivity index (χ1n) is 4.36. The fourth-order valence-electron chi connectivity index (χ4n) is 1.10. The van der Waals surface area contributed by atoms with Crippen LogP contribution in [0.2, 0.25) is 5.15 Å². The topological polar surface area (TPSA) is 67.8 Å². The first kappa shape index (κ1) is 11.0. The van der Waals surface area contributed by atoms with Crippen LogP contribution in [-0.2, 0) is 0 Å². The van der Waals surface area contributed by atoms with Gasteiger partial charge in [-0.15, -0.1) is 0 Å². The van der Waals surface area contributed by atoms with Crippen molar-refractivity contribution in [2.24, 2.45) is 0 Å². The lowest BCUT2D eigenvalue weighted by Crippen LogP contribution is -1.96. The van der Waals surface area contributed by atoms with E-state index in [9.17, 15) is 4.79 Å². The van der Waals surface area contributed by atoms with Gasteiger partial charge in [-0.3, -0.25) is 4.79 Å². The van der Waals surface area contributed by atoms with Crippen LogP contribution in [0.1, 0.15) is 15.5 Å². The molecule has 1 N–H and O–H groups in total. The number of nitrogens with zero attached hydrogens (tertiary/aromatic N) is 3. The van der Waals surface area contributed by atoms with Crippen molar-refractivity contribution in [1.82, 2.24) is 15.0 Å². The van der Waals surface area contributed by atoms with E-state index in [4.69, 9.17) is 11.6 Å². The van der Waals surface area contributed by atoms with Crippen LogP contribution in [0.3, 0.4) is 0 Å². The van der Waals surface area contributed by atoms with E-state index in [1.807, 2.05) is 0 Å². The summed E-state index contributed by atoms with van der Waals surface area (Å²) in [6, 6.07) is 1.59. The van der Waals surface area contributed by atoms with Crippen molar-refractivity contribution in [3.05, 3.63) is 28.1 Å². The minimum Gasteiger partial charge on any atom is -0.316 e. The molecule has 16 heavy (non-hydrogen) atoms. The minimum atomic E-state index is 0.363. The number of aldehydes is 1. The molecule has 0 unspecified atom stereocenters. The van der Waals surface area contributed by atoms with Gasteiger partial charge in [0, 0.05) is 6.07 Å². The molecule has 2 heterocycles. The Morgan fingerprint density at radius 3 is 2.94 bits per heavy atom. The Kier molecular flexibility index (Phi) is 3.12. The van der Waals surface area contributed by atoms with E-state index < -0.39 is 0 Å². The number of hydrogen-bond donors (Lipinski definition) is 1. The van der Waals surface area contributed by atoms with Gasteiger partial charge in [0.1, 0.15) is 16.8 Å². The zero-order chi connectivity index (χ0) is 11.5. The number of carbonyl (C=O) groups excluding carboxylic acids is 1. The lowest BCUT2D eigenvalue weighted by Gasteiger charge is -2.02. The van der Waals surface area contributed by atoms with Gasteiger partial charge in [-0.05, 0) is 6.92 Å². The first-order valence-corrected chi connectivity index (χ1v) is 5.56. The summed E-state index contributed by atoms with van der Waals surface area (Å²) >= 11 is 7.03. The molecule has 7 heteroatoms. The number of anilines is 2. The van der Waals surface area contributed by atoms with E-state index in [1.165, 1.54) is 17.5 Å². The first-order chi connectivity index (χ1) is 7.67. The predicted octanol–water partition coefficient (Wildman–Crippen LogP) is 2.45. The van der Waals surface area contributed by atoms with E-state index in [0.717, 1.165) is 6.29 Å². The highest BCUT2D eigenvalue weighted by Crippen LogP contribution is 2.21. The second-order valence-corrected chi connectivity index (χ2v) is 4.38. The van der Waals surface area contributed by atoms with Crippen LogP contribution in [-0.4, -0.2) is 21.2 Å². The van der Waals surface area contributed by atoms with Crippen LogP contribution in [0.25, 0.3) is 0 Å². The van der Waals surface area contributed by atoms with Gasteiger partial charge in [-0.1, -0.05) is 22.9 Å². The number of hydrogen-bond acceptors (Lipinski definition) is 6. The Balaban J connectivity index is 2.22. The van der Waals surface area contributed by atoms with Gasteiger partial charge in [0.25, 0.3) is 0 Å². The Morgan fingerprint density at radius 2 is 2.31 bits per heavy atom. The number of rotatable bonds is 3. The number of aromatic nitrogens is 3. The summed E-state index contributed by atoms with van der Waals surface area (Å²) in [5.41, 5.74) is 0. The number of thiazole rings is 1. The second-order valence-electron chi connectivity index (χ2n) is 2.93. The molecule has 0 aliphatic heterocycles. The van der Waals surface area contributed by atoms with Gasteiger partial charge in [0.15, 0.2) is 11.4 Å². The van der Waals surface area contributed by atoms with E-state index in [2.05, 4.69) is 20.3 Å². The van der Waals surface area contributed by atoms with E-state index in [-0.39, 0.29) is 0 Å². The van der Waals surface area contributed by atoms with Crippen LogP contribution >= 0.6 is 22.9 Å². The van der Waals surface area contributed by atoms with Crippen LogP contribution < -0.4 is 5.32 Å². The molecule has 0 aliphatic carbocycles. The second kappa shape index (κ2) is 4.54. The fourth-order valence-corrected chi connectivity index (χ4v) is 1.97. The molecule has 2 aromatic rings. The molecular formula is C9H7ClN4OS. The molecule has 0 bridgehead atoms. The molecule has 0 radical (unpaired) electrons. The van der Waals surface area contributed by atoms with Crippen molar-refractivity contribution < 1.29 is 4.79 Å². The highest BCUT2D eigenvalue weighted by atomic mass is 35.5. The number of nitrogens with one attached hydrogen (secondary N) is 1. The third kappa shape index (κ3) is 2.53. The summed E-state index contributed by atoms with van der Waals surface area (Å²) < 4.78 is 0. The van der Waals surface area contributed by atoms with Crippen LogP contribution in [0.15, 0.2) is 12.3 Å². The van der Waals surface area contributed by atoms with Crippen molar-refractivity contribution >= 4 is 40.2 Å². The maximum absolute atomic E-state index is 10.5. The maximum Gasteiger partial charge on any atom is 0.188 e. The molecular weight excluding hydrogens is 248 g/mol. The minimum absolute atomic E-state index is 0.363. The van der Waals surface area contributed by atoms with E-state index >= 15 is 0 Å². The van der Waals surface area contributed by atoms with Crippen molar-refractivity contribution in [1.29, 1.82) is 0 Å².